The minimum Gasteiger partial charge on any atom is -0.508 e. The summed E-state index contributed by atoms with van der Waals surface area (Å²) >= 11 is 7.91. The molecule has 1 N–H and O–H groups in total. The quantitative estimate of drug-likeness (QED) is 0.139. The number of carbonyl (C=O) groups is 4. The van der Waals surface area contributed by atoms with Gasteiger partial charge in [0.1, 0.15) is 17.3 Å². The van der Waals surface area contributed by atoms with Crippen LogP contribution in [0.1, 0.15) is 42.4 Å². The number of anilines is 1. The molecule has 56 heavy (non-hydrogen) atoms. The van der Waals surface area contributed by atoms with E-state index in [1.807, 2.05) is 98.8 Å². The Kier molecular flexibility index (Phi) is 7.76. The van der Waals surface area contributed by atoms with Crippen LogP contribution in [0.2, 0.25) is 5.02 Å². The summed E-state index contributed by atoms with van der Waals surface area (Å²) in [6.07, 6.45) is 2.56. The van der Waals surface area contributed by atoms with E-state index in [-0.39, 0.29) is 42.3 Å². The first-order chi connectivity index (χ1) is 27.0. The van der Waals surface area contributed by atoms with E-state index < -0.39 is 35.0 Å². The number of halogens is 1. The highest BCUT2D eigenvalue weighted by atomic mass is 35.5. The molecule has 4 heterocycles. The lowest BCUT2D eigenvalue weighted by Gasteiger charge is -2.49. The van der Waals surface area contributed by atoms with E-state index in [1.54, 1.807) is 35.2 Å². The van der Waals surface area contributed by atoms with E-state index in [0.717, 1.165) is 42.4 Å². The number of aromatic nitrogens is 2. The van der Waals surface area contributed by atoms with E-state index in [1.165, 1.54) is 9.80 Å². The van der Waals surface area contributed by atoms with E-state index in [0.29, 0.717) is 28.5 Å². The maximum Gasteiger partial charge on any atom is 0.242 e. The average molecular weight is 781 g/mol. The number of amides is 4. The summed E-state index contributed by atoms with van der Waals surface area (Å²) in [6, 6.07) is 28.2. The SMILES string of the molecule is Cc1c(-c2cc(N3C(=O)[C@@H]4C[C@@H]5C(=CC[C@@H]6C(=O)N(Cc7ccccc7)C(=O)[C@@H]65)[C@H](c5c(O)ccc6ccccc56)[C@]4(C)C3=O)n(C)n2)sc2ccc(Cl)cc12. The van der Waals surface area contributed by atoms with Gasteiger partial charge >= 0.3 is 0 Å². The summed E-state index contributed by atoms with van der Waals surface area (Å²) in [7, 11) is 1.73. The van der Waals surface area contributed by atoms with Crippen molar-refractivity contribution in [1.29, 1.82) is 0 Å². The Morgan fingerprint density at radius 1 is 0.893 bits per heavy atom. The van der Waals surface area contributed by atoms with Crippen molar-refractivity contribution in [3.05, 3.63) is 124 Å². The van der Waals surface area contributed by atoms with Crippen molar-refractivity contribution in [3.8, 4) is 16.3 Å². The van der Waals surface area contributed by atoms with Gasteiger partial charge in [-0.3, -0.25) is 28.8 Å². The number of benzene rings is 4. The molecule has 10 rings (SSSR count). The molecular weight excluding hydrogens is 744 g/mol. The van der Waals surface area contributed by atoms with Crippen molar-refractivity contribution in [3.63, 3.8) is 0 Å². The summed E-state index contributed by atoms with van der Waals surface area (Å²) in [5.74, 6) is -4.26. The minimum absolute atomic E-state index is 0.0127. The Labute approximate surface area is 331 Å². The van der Waals surface area contributed by atoms with Crippen molar-refractivity contribution < 1.29 is 24.3 Å². The Hall–Kier alpha value is -5.58. The van der Waals surface area contributed by atoms with Crippen molar-refractivity contribution in [2.75, 3.05) is 4.90 Å². The number of hydrogen-bond donors (Lipinski definition) is 1. The van der Waals surface area contributed by atoms with Gasteiger partial charge in [0.25, 0.3) is 0 Å². The smallest absolute Gasteiger partial charge is 0.242 e. The first-order valence-corrected chi connectivity index (χ1v) is 20.1. The summed E-state index contributed by atoms with van der Waals surface area (Å²) in [4.78, 5) is 62.4. The number of fused-ring (bicyclic) bond motifs is 6. The highest BCUT2D eigenvalue weighted by Gasteiger charge is 2.68. The van der Waals surface area contributed by atoms with Gasteiger partial charge in [0.2, 0.25) is 23.6 Å². The average Bonchev–Trinajstić information content (AvgIpc) is 3.86. The summed E-state index contributed by atoms with van der Waals surface area (Å²) < 4.78 is 2.63. The molecule has 6 aromatic rings. The van der Waals surface area contributed by atoms with E-state index in [9.17, 15) is 14.7 Å². The maximum atomic E-state index is 15.3. The molecule has 0 radical (unpaired) electrons. The second-order valence-corrected chi connectivity index (χ2v) is 17.3. The molecule has 9 nitrogen and oxygen atoms in total. The highest BCUT2D eigenvalue weighted by molar-refractivity contribution is 7.22. The topological polar surface area (TPSA) is 113 Å². The first-order valence-electron chi connectivity index (χ1n) is 18.9. The summed E-state index contributed by atoms with van der Waals surface area (Å²) in [5, 5.41) is 19.9. The Bertz CT molecular complexity index is 2740. The van der Waals surface area contributed by atoms with Crippen LogP contribution >= 0.6 is 22.9 Å². The number of likely N-dealkylation sites (tertiary alicyclic amines) is 1. The number of nitrogens with zero attached hydrogens (tertiary/aromatic N) is 4. The van der Waals surface area contributed by atoms with Gasteiger partial charge in [-0.25, -0.2) is 4.90 Å². The molecule has 0 spiro atoms. The number of phenolic OH excluding ortho intramolecular Hbond substituents is 1. The Morgan fingerprint density at radius 3 is 2.46 bits per heavy atom. The lowest BCUT2D eigenvalue weighted by molar-refractivity contribution is -0.141. The van der Waals surface area contributed by atoms with Crippen LogP contribution in [-0.2, 0) is 32.8 Å². The third kappa shape index (κ3) is 4.81. The molecular formula is C45H37ClN4O5S. The number of aromatic hydroxyl groups is 1. The van der Waals surface area contributed by atoms with Gasteiger partial charge in [-0.1, -0.05) is 83.9 Å². The van der Waals surface area contributed by atoms with Crippen molar-refractivity contribution >= 4 is 73.2 Å². The van der Waals surface area contributed by atoms with Crippen LogP contribution < -0.4 is 4.90 Å². The summed E-state index contributed by atoms with van der Waals surface area (Å²) in [5.41, 5.74) is 2.54. The van der Waals surface area contributed by atoms with E-state index in [4.69, 9.17) is 16.7 Å². The molecule has 2 aromatic heterocycles. The van der Waals surface area contributed by atoms with Crippen LogP contribution in [0.4, 0.5) is 5.82 Å². The molecule has 0 bridgehead atoms. The number of imide groups is 2. The van der Waals surface area contributed by atoms with Crippen molar-refractivity contribution in [2.45, 2.75) is 39.2 Å². The number of hydrogen-bond acceptors (Lipinski definition) is 7. The molecule has 2 saturated heterocycles. The monoisotopic (exact) mass is 780 g/mol. The van der Waals surface area contributed by atoms with Crippen LogP contribution in [0.25, 0.3) is 31.4 Å². The van der Waals surface area contributed by atoms with Gasteiger partial charge in [0.15, 0.2) is 0 Å². The molecule has 280 valence electrons. The van der Waals surface area contributed by atoms with E-state index in [2.05, 4.69) is 0 Å². The van der Waals surface area contributed by atoms with Gasteiger partial charge in [-0.15, -0.1) is 11.3 Å². The Morgan fingerprint density at radius 2 is 1.66 bits per heavy atom. The van der Waals surface area contributed by atoms with Crippen LogP contribution in [-0.4, -0.2) is 43.4 Å². The third-order valence-corrected chi connectivity index (χ3v) is 14.5. The first kappa shape index (κ1) is 34.9. The molecule has 2 aliphatic heterocycles. The lowest BCUT2D eigenvalue weighted by Crippen LogP contribution is -2.49. The molecule has 4 amide bonds. The molecule has 4 aliphatic rings. The van der Waals surface area contributed by atoms with Crippen molar-refractivity contribution in [2.24, 2.45) is 36.1 Å². The zero-order valence-electron chi connectivity index (χ0n) is 30.9. The molecule has 1 saturated carbocycles. The zero-order chi connectivity index (χ0) is 38.8. The molecule has 0 unspecified atom stereocenters. The van der Waals surface area contributed by atoms with Gasteiger partial charge in [0, 0.05) is 34.3 Å². The van der Waals surface area contributed by atoms with Crippen LogP contribution in [0, 0.1) is 36.0 Å². The predicted molar refractivity (Wildman–Crippen MR) is 216 cm³/mol. The molecule has 6 atom stereocenters. The zero-order valence-corrected chi connectivity index (χ0v) is 32.5. The summed E-state index contributed by atoms with van der Waals surface area (Å²) in [6.45, 7) is 4.02. The number of carbonyl (C=O) groups excluding carboxylic acids is 4. The third-order valence-electron chi connectivity index (χ3n) is 13.0. The standard InChI is InChI=1S/C45H37ClN4O5S/c1-23-30-19-26(46)14-18-35(30)56-40(23)33-21-36(48(3)47-33)50-42(53)32-20-31-28(15-16-29-37(31)43(54)49(41(29)52)22-24-9-5-4-6-10-24)39(45(32,2)44(50)55)38-27-12-8-7-11-25(27)13-17-34(38)51/h4-15,17-19,21,29,31-32,37,39,51H,16,20,22H2,1-3H3/t29-,31+,32-,37-,39+,45+/m0/s1. The molecule has 4 aromatic carbocycles. The number of rotatable bonds is 5. The maximum absolute atomic E-state index is 15.3. The number of allylic oxidation sites excluding steroid dienone is 2. The second kappa shape index (κ2) is 12.5. The van der Waals surface area contributed by atoms with Crippen LogP contribution in [0.5, 0.6) is 5.75 Å². The second-order valence-electron chi connectivity index (χ2n) is 15.8. The minimum atomic E-state index is -1.34. The van der Waals surface area contributed by atoms with Gasteiger partial charge in [-0.05, 0) is 84.2 Å². The van der Waals surface area contributed by atoms with Crippen LogP contribution in [0.3, 0.4) is 0 Å². The fraction of sp³-hybridized carbons (Fsp3) is 0.267. The van der Waals surface area contributed by atoms with Gasteiger partial charge < -0.3 is 5.11 Å². The Balaban J connectivity index is 1.11. The molecule has 3 fully saturated rings. The number of phenols is 1. The lowest BCUT2D eigenvalue weighted by atomic mass is 9.51. The van der Waals surface area contributed by atoms with E-state index >= 15 is 9.59 Å². The number of thiophene rings is 1. The van der Waals surface area contributed by atoms with Crippen LogP contribution in [0.15, 0.2) is 103 Å². The molecule has 2 aliphatic carbocycles. The number of aryl methyl sites for hydroxylation is 2. The van der Waals surface area contributed by atoms with Crippen molar-refractivity contribution in [1.82, 2.24) is 14.7 Å². The molecule has 11 heteroatoms. The van der Waals surface area contributed by atoms with Gasteiger partial charge in [0.05, 0.1) is 34.6 Å². The fourth-order valence-corrected chi connectivity index (χ4v) is 11.6. The largest absolute Gasteiger partial charge is 0.508 e. The normalized spacial score (nSPS) is 25.9. The van der Waals surface area contributed by atoms with Gasteiger partial charge in [-0.2, -0.15) is 5.10 Å². The highest BCUT2D eigenvalue weighted by Crippen LogP contribution is 2.65. The predicted octanol–water partition coefficient (Wildman–Crippen LogP) is 8.55. The fourth-order valence-electron chi connectivity index (χ4n) is 10.3.